The number of nitro groups is 1. The van der Waals surface area contributed by atoms with E-state index in [9.17, 15) is 14.5 Å². The number of hydrogen-bond donors (Lipinski definition) is 1. The molecule has 1 N–H and O–H groups in total. The predicted octanol–water partition coefficient (Wildman–Crippen LogP) is 2.20. The lowest BCUT2D eigenvalue weighted by molar-refractivity contribution is -0.384. The Balaban J connectivity index is 2.35. The van der Waals surface area contributed by atoms with E-state index in [0.717, 1.165) is 6.20 Å². The highest BCUT2D eigenvalue weighted by molar-refractivity contribution is 5.58. The maximum absolute atomic E-state index is 13.7. The van der Waals surface area contributed by atoms with Gasteiger partial charge in [0.25, 0.3) is 0 Å². The highest BCUT2D eigenvalue weighted by Crippen LogP contribution is 2.26. The van der Waals surface area contributed by atoms with Crippen LogP contribution in [0.2, 0.25) is 0 Å². The summed E-state index contributed by atoms with van der Waals surface area (Å²) < 4.78 is 13.7. The summed E-state index contributed by atoms with van der Waals surface area (Å²) in [5.41, 5.74) is 0.201. The van der Waals surface area contributed by atoms with Gasteiger partial charge in [-0.1, -0.05) is 18.2 Å². The zero-order valence-corrected chi connectivity index (χ0v) is 11.6. The molecule has 0 radical (unpaired) electrons. The maximum Gasteiger partial charge on any atom is 0.329 e. The van der Waals surface area contributed by atoms with Crippen molar-refractivity contribution in [2.24, 2.45) is 0 Å². The predicted molar refractivity (Wildman–Crippen MR) is 76.7 cm³/mol. The molecule has 0 aliphatic rings. The summed E-state index contributed by atoms with van der Waals surface area (Å²) in [4.78, 5) is 19.9. The Bertz CT molecular complexity index is 665. The van der Waals surface area contributed by atoms with Crippen LogP contribution in [0.4, 0.5) is 21.8 Å². The molecule has 0 saturated carbocycles. The Morgan fingerprint density at radius 1 is 1.43 bits per heavy atom. The van der Waals surface area contributed by atoms with Gasteiger partial charge in [-0.15, -0.1) is 0 Å². The van der Waals surface area contributed by atoms with E-state index in [1.54, 1.807) is 32.3 Å². The van der Waals surface area contributed by atoms with Crippen molar-refractivity contribution in [1.82, 2.24) is 9.97 Å². The summed E-state index contributed by atoms with van der Waals surface area (Å²) in [6.07, 6.45) is 1.13. The Labute approximate surface area is 120 Å². The van der Waals surface area contributed by atoms with E-state index >= 15 is 0 Å². The lowest BCUT2D eigenvalue weighted by Crippen LogP contribution is -2.20. The molecule has 21 heavy (non-hydrogen) atoms. The SMILES string of the molecule is CNc1ncc([N+](=O)[O-])c(N(C)Cc2ccccc2F)n1. The van der Waals surface area contributed by atoms with Crippen LogP contribution in [0.1, 0.15) is 5.56 Å². The highest BCUT2D eigenvalue weighted by Gasteiger charge is 2.21. The van der Waals surface area contributed by atoms with Crippen molar-refractivity contribution in [3.8, 4) is 0 Å². The van der Waals surface area contributed by atoms with Gasteiger partial charge in [0.1, 0.15) is 12.0 Å². The quantitative estimate of drug-likeness (QED) is 0.671. The standard InChI is InChI=1S/C13H14FN5O2/c1-15-13-16-7-11(19(20)21)12(17-13)18(2)8-9-5-3-4-6-10(9)14/h3-7H,8H2,1-2H3,(H,15,16,17). The molecule has 0 aliphatic carbocycles. The maximum atomic E-state index is 13.7. The molecule has 7 nitrogen and oxygen atoms in total. The van der Waals surface area contributed by atoms with Gasteiger partial charge >= 0.3 is 5.69 Å². The smallest absolute Gasteiger partial charge is 0.329 e. The Morgan fingerprint density at radius 2 is 2.14 bits per heavy atom. The van der Waals surface area contributed by atoms with Crippen molar-refractivity contribution in [3.05, 3.63) is 52.0 Å². The van der Waals surface area contributed by atoms with E-state index in [0.29, 0.717) is 5.56 Å². The third kappa shape index (κ3) is 3.22. The first-order valence-corrected chi connectivity index (χ1v) is 6.16. The summed E-state index contributed by atoms with van der Waals surface area (Å²) in [5.74, 6) is 0.0217. The van der Waals surface area contributed by atoms with E-state index in [2.05, 4.69) is 15.3 Å². The summed E-state index contributed by atoms with van der Waals surface area (Å²) in [5, 5.41) is 13.8. The van der Waals surface area contributed by atoms with Crippen LogP contribution in [0, 0.1) is 15.9 Å². The minimum absolute atomic E-state index is 0.127. The van der Waals surface area contributed by atoms with Gasteiger partial charge < -0.3 is 10.2 Å². The molecule has 8 heteroatoms. The van der Waals surface area contributed by atoms with E-state index in [-0.39, 0.29) is 29.8 Å². The zero-order chi connectivity index (χ0) is 15.4. The van der Waals surface area contributed by atoms with E-state index in [1.165, 1.54) is 11.0 Å². The van der Waals surface area contributed by atoms with Crippen molar-refractivity contribution in [1.29, 1.82) is 0 Å². The normalized spacial score (nSPS) is 10.2. The van der Waals surface area contributed by atoms with Gasteiger partial charge in [-0.25, -0.2) is 9.37 Å². The summed E-state index contributed by atoms with van der Waals surface area (Å²) >= 11 is 0. The van der Waals surface area contributed by atoms with Crippen LogP contribution >= 0.6 is 0 Å². The molecule has 1 heterocycles. The zero-order valence-electron chi connectivity index (χ0n) is 11.6. The van der Waals surface area contributed by atoms with Crippen LogP contribution in [0.15, 0.2) is 30.5 Å². The molecule has 0 amide bonds. The fourth-order valence-corrected chi connectivity index (χ4v) is 1.85. The molecule has 0 bridgehead atoms. The van der Waals surface area contributed by atoms with E-state index in [1.807, 2.05) is 0 Å². The molecule has 0 fully saturated rings. The summed E-state index contributed by atoms with van der Waals surface area (Å²) in [7, 11) is 3.23. The first-order valence-electron chi connectivity index (χ1n) is 6.16. The third-order valence-corrected chi connectivity index (χ3v) is 2.90. The molecule has 0 atom stereocenters. The molecule has 110 valence electrons. The van der Waals surface area contributed by atoms with Gasteiger partial charge in [-0.3, -0.25) is 10.1 Å². The first-order chi connectivity index (χ1) is 10.0. The summed E-state index contributed by atoms with van der Waals surface area (Å²) in [6.45, 7) is 0.160. The second-order valence-corrected chi connectivity index (χ2v) is 4.36. The van der Waals surface area contributed by atoms with Gasteiger partial charge in [0.15, 0.2) is 0 Å². The fourth-order valence-electron chi connectivity index (χ4n) is 1.85. The number of halogens is 1. The Kier molecular flexibility index (Phi) is 4.27. The molecule has 2 aromatic rings. The Hall–Kier alpha value is -2.77. The van der Waals surface area contributed by atoms with Crippen molar-refractivity contribution >= 4 is 17.5 Å². The molecule has 0 aliphatic heterocycles. The van der Waals surface area contributed by atoms with Crippen LogP contribution in [0.25, 0.3) is 0 Å². The van der Waals surface area contributed by atoms with Crippen LogP contribution in [-0.2, 0) is 6.54 Å². The number of benzene rings is 1. The topological polar surface area (TPSA) is 84.2 Å². The highest BCUT2D eigenvalue weighted by atomic mass is 19.1. The molecular weight excluding hydrogens is 277 g/mol. The lowest BCUT2D eigenvalue weighted by Gasteiger charge is -2.18. The lowest BCUT2D eigenvalue weighted by atomic mass is 10.2. The van der Waals surface area contributed by atoms with Crippen LogP contribution in [-0.4, -0.2) is 29.0 Å². The average molecular weight is 291 g/mol. The number of hydrogen-bond acceptors (Lipinski definition) is 6. The average Bonchev–Trinajstić information content (AvgIpc) is 2.48. The number of rotatable bonds is 5. The van der Waals surface area contributed by atoms with Crippen LogP contribution in [0.5, 0.6) is 0 Å². The van der Waals surface area contributed by atoms with Gasteiger partial charge in [-0.05, 0) is 6.07 Å². The van der Waals surface area contributed by atoms with Gasteiger partial charge in [0.05, 0.1) is 4.92 Å². The van der Waals surface area contributed by atoms with E-state index in [4.69, 9.17) is 0 Å². The van der Waals surface area contributed by atoms with Crippen molar-refractivity contribution in [3.63, 3.8) is 0 Å². The second-order valence-electron chi connectivity index (χ2n) is 4.36. The number of nitrogens with zero attached hydrogens (tertiary/aromatic N) is 4. The van der Waals surface area contributed by atoms with Crippen molar-refractivity contribution in [2.45, 2.75) is 6.54 Å². The molecule has 0 unspecified atom stereocenters. The van der Waals surface area contributed by atoms with Gasteiger partial charge in [0.2, 0.25) is 11.8 Å². The molecule has 1 aromatic carbocycles. The molecule has 1 aromatic heterocycles. The monoisotopic (exact) mass is 291 g/mol. The minimum atomic E-state index is -0.563. The van der Waals surface area contributed by atoms with Gasteiger partial charge in [-0.2, -0.15) is 4.98 Å². The Morgan fingerprint density at radius 3 is 2.76 bits per heavy atom. The second kappa shape index (κ2) is 6.12. The van der Waals surface area contributed by atoms with E-state index < -0.39 is 4.92 Å². The first kappa shape index (κ1) is 14.6. The molecular formula is C13H14FN5O2. The van der Waals surface area contributed by atoms with Crippen LogP contribution < -0.4 is 10.2 Å². The molecule has 0 saturated heterocycles. The number of nitrogens with one attached hydrogen (secondary N) is 1. The van der Waals surface area contributed by atoms with Crippen LogP contribution in [0.3, 0.4) is 0 Å². The molecule has 0 spiro atoms. The van der Waals surface area contributed by atoms with Crippen molar-refractivity contribution < 1.29 is 9.31 Å². The van der Waals surface area contributed by atoms with Crippen molar-refractivity contribution in [2.75, 3.05) is 24.3 Å². The molecule has 2 rings (SSSR count). The number of anilines is 2. The fraction of sp³-hybridized carbons (Fsp3) is 0.231. The third-order valence-electron chi connectivity index (χ3n) is 2.90. The number of aromatic nitrogens is 2. The largest absolute Gasteiger partial charge is 0.357 e. The minimum Gasteiger partial charge on any atom is -0.357 e. The van der Waals surface area contributed by atoms with Gasteiger partial charge in [0, 0.05) is 26.2 Å². The summed E-state index contributed by atoms with van der Waals surface area (Å²) in [6, 6.07) is 6.26.